The van der Waals surface area contributed by atoms with Crippen molar-refractivity contribution in [2.75, 3.05) is 26.2 Å². The second-order valence-electron chi connectivity index (χ2n) is 7.42. The lowest BCUT2D eigenvalue weighted by Crippen LogP contribution is -2.27. The summed E-state index contributed by atoms with van der Waals surface area (Å²) in [4.78, 5) is 13.7. The molecule has 2 aromatic rings. The van der Waals surface area contributed by atoms with Crippen molar-refractivity contribution < 1.29 is 0 Å². The predicted octanol–water partition coefficient (Wildman–Crippen LogP) is 2.16. The first-order valence-corrected chi connectivity index (χ1v) is 9.07. The summed E-state index contributed by atoms with van der Waals surface area (Å²) in [7, 11) is 2.09. The van der Waals surface area contributed by atoms with Crippen LogP contribution in [0, 0.1) is 11.8 Å². The van der Waals surface area contributed by atoms with Gasteiger partial charge in [-0.1, -0.05) is 6.07 Å². The standard InChI is InChI=1S/C19H27N5/c1-22-15-21-10-19(22)14-24-12-17-4-7-23(8-5-18(17)13-24)11-16-3-2-6-20-9-16/h2-3,6,9-10,15,17-18H,4-5,7-8,11-14H2,1H3/t17-,18+. The van der Waals surface area contributed by atoms with Crippen LogP contribution >= 0.6 is 0 Å². The van der Waals surface area contributed by atoms with Gasteiger partial charge in [0.2, 0.25) is 0 Å². The highest BCUT2D eigenvalue weighted by molar-refractivity contribution is 5.08. The molecule has 2 atom stereocenters. The van der Waals surface area contributed by atoms with Crippen molar-refractivity contribution >= 4 is 0 Å². The fraction of sp³-hybridized carbons (Fsp3) is 0.579. The molecule has 0 N–H and O–H groups in total. The number of hydrogen-bond donors (Lipinski definition) is 0. The van der Waals surface area contributed by atoms with Crippen LogP contribution in [-0.2, 0) is 20.1 Å². The van der Waals surface area contributed by atoms with E-state index in [1.54, 1.807) is 0 Å². The Labute approximate surface area is 144 Å². The van der Waals surface area contributed by atoms with Crippen molar-refractivity contribution in [2.24, 2.45) is 18.9 Å². The Morgan fingerprint density at radius 1 is 1.00 bits per heavy atom. The third kappa shape index (κ3) is 3.52. The number of aromatic nitrogens is 3. The normalized spacial score (nSPS) is 25.5. The van der Waals surface area contributed by atoms with Crippen LogP contribution in [-0.4, -0.2) is 50.5 Å². The van der Waals surface area contributed by atoms with Gasteiger partial charge < -0.3 is 4.57 Å². The zero-order valence-corrected chi connectivity index (χ0v) is 14.5. The highest BCUT2D eigenvalue weighted by Crippen LogP contribution is 2.32. The van der Waals surface area contributed by atoms with Gasteiger partial charge in [-0.25, -0.2) is 4.98 Å². The van der Waals surface area contributed by atoms with E-state index in [4.69, 9.17) is 0 Å². The summed E-state index contributed by atoms with van der Waals surface area (Å²) in [6, 6.07) is 4.23. The molecule has 0 saturated carbocycles. The van der Waals surface area contributed by atoms with E-state index in [0.29, 0.717) is 0 Å². The maximum atomic E-state index is 4.24. The van der Waals surface area contributed by atoms with Crippen molar-refractivity contribution in [3.05, 3.63) is 48.3 Å². The third-order valence-electron chi connectivity index (χ3n) is 5.72. The van der Waals surface area contributed by atoms with Gasteiger partial charge in [0.05, 0.1) is 12.0 Å². The third-order valence-corrected chi connectivity index (χ3v) is 5.72. The summed E-state index contributed by atoms with van der Waals surface area (Å²) in [5.74, 6) is 1.72. The lowest BCUT2D eigenvalue weighted by Gasteiger charge is -2.21. The van der Waals surface area contributed by atoms with Crippen molar-refractivity contribution in [2.45, 2.75) is 25.9 Å². The Bertz CT molecular complexity index is 637. The smallest absolute Gasteiger partial charge is 0.0945 e. The largest absolute Gasteiger partial charge is 0.337 e. The predicted molar refractivity (Wildman–Crippen MR) is 94.2 cm³/mol. The summed E-state index contributed by atoms with van der Waals surface area (Å²) < 4.78 is 2.14. The molecule has 2 aliphatic heterocycles. The van der Waals surface area contributed by atoms with Crippen molar-refractivity contribution in [1.29, 1.82) is 0 Å². The molecule has 0 bridgehead atoms. The summed E-state index contributed by atoms with van der Waals surface area (Å²) in [6.45, 7) is 7.02. The molecule has 2 aliphatic rings. The van der Waals surface area contributed by atoms with Gasteiger partial charge >= 0.3 is 0 Å². The quantitative estimate of drug-likeness (QED) is 0.863. The molecule has 0 unspecified atom stereocenters. The van der Waals surface area contributed by atoms with Crippen molar-refractivity contribution in [1.82, 2.24) is 24.3 Å². The molecule has 0 aromatic carbocycles. The van der Waals surface area contributed by atoms with Crippen molar-refractivity contribution in [3.8, 4) is 0 Å². The number of hydrogen-bond acceptors (Lipinski definition) is 4. The molecule has 2 fully saturated rings. The molecule has 0 spiro atoms. The molecule has 128 valence electrons. The minimum Gasteiger partial charge on any atom is -0.337 e. The zero-order valence-electron chi connectivity index (χ0n) is 14.5. The van der Waals surface area contributed by atoms with Crippen LogP contribution < -0.4 is 0 Å². The lowest BCUT2D eigenvalue weighted by atomic mass is 9.92. The maximum Gasteiger partial charge on any atom is 0.0945 e. The van der Waals surface area contributed by atoms with E-state index in [0.717, 1.165) is 24.9 Å². The molecule has 4 heterocycles. The minimum absolute atomic E-state index is 0.858. The second kappa shape index (κ2) is 7.03. The number of rotatable bonds is 4. The maximum absolute atomic E-state index is 4.24. The Morgan fingerprint density at radius 3 is 2.42 bits per heavy atom. The molecule has 5 nitrogen and oxygen atoms in total. The molecule has 24 heavy (non-hydrogen) atoms. The molecule has 4 rings (SSSR count). The summed E-state index contributed by atoms with van der Waals surface area (Å²) in [5, 5.41) is 0. The van der Waals surface area contributed by atoms with Crippen LogP contribution in [0.2, 0.25) is 0 Å². The molecule has 2 aromatic heterocycles. The molecule has 2 saturated heterocycles. The van der Waals surface area contributed by atoms with Gasteiger partial charge in [-0.3, -0.25) is 14.8 Å². The van der Waals surface area contributed by atoms with Crippen molar-refractivity contribution in [3.63, 3.8) is 0 Å². The number of fused-ring (bicyclic) bond motifs is 1. The summed E-state index contributed by atoms with van der Waals surface area (Å²) >= 11 is 0. The Morgan fingerprint density at radius 2 is 1.79 bits per heavy atom. The van der Waals surface area contributed by atoms with Gasteiger partial charge in [0.1, 0.15) is 0 Å². The number of nitrogens with zero attached hydrogens (tertiary/aromatic N) is 5. The van der Waals surface area contributed by atoms with Crippen LogP contribution in [0.3, 0.4) is 0 Å². The van der Waals surface area contributed by atoms with Crippen LogP contribution in [0.1, 0.15) is 24.1 Å². The molecular weight excluding hydrogens is 298 g/mol. The van der Waals surface area contributed by atoms with Gasteiger partial charge in [-0.15, -0.1) is 0 Å². The van der Waals surface area contributed by atoms with E-state index < -0.39 is 0 Å². The van der Waals surface area contributed by atoms with Gasteiger partial charge in [-0.05, 0) is 49.4 Å². The van der Waals surface area contributed by atoms with Gasteiger partial charge in [0.25, 0.3) is 0 Å². The van der Waals surface area contributed by atoms with E-state index in [2.05, 4.69) is 37.4 Å². The number of aryl methyl sites for hydroxylation is 1. The number of pyridine rings is 1. The van der Waals surface area contributed by atoms with Crippen LogP contribution in [0.4, 0.5) is 0 Å². The average molecular weight is 325 g/mol. The Hall–Kier alpha value is -1.72. The summed E-state index contributed by atoms with van der Waals surface area (Å²) in [6.07, 6.45) is 10.4. The fourth-order valence-electron chi connectivity index (χ4n) is 4.30. The molecule has 5 heteroatoms. The average Bonchev–Trinajstić information content (AvgIpc) is 3.13. The zero-order chi connectivity index (χ0) is 16.4. The monoisotopic (exact) mass is 325 g/mol. The Kier molecular flexibility index (Phi) is 4.63. The summed E-state index contributed by atoms with van der Waals surface area (Å²) in [5.41, 5.74) is 2.66. The second-order valence-corrected chi connectivity index (χ2v) is 7.42. The van der Waals surface area contributed by atoms with Gasteiger partial charge in [0.15, 0.2) is 0 Å². The molecule has 0 aliphatic carbocycles. The van der Waals surface area contributed by atoms with Crippen LogP contribution in [0.15, 0.2) is 37.1 Å². The van der Waals surface area contributed by atoms with Crippen LogP contribution in [0.25, 0.3) is 0 Å². The first kappa shape index (κ1) is 15.8. The lowest BCUT2D eigenvalue weighted by molar-refractivity contribution is 0.247. The van der Waals surface area contributed by atoms with Gasteiger partial charge in [0, 0.05) is 51.8 Å². The highest BCUT2D eigenvalue weighted by atomic mass is 15.2. The van der Waals surface area contributed by atoms with Gasteiger partial charge in [-0.2, -0.15) is 0 Å². The fourth-order valence-corrected chi connectivity index (χ4v) is 4.30. The number of imidazole rings is 1. The Balaban J connectivity index is 1.31. The highest BCUT2D eigenvalue weighted by Gasteiger charge is 2.34. The van der Waals surface area contributed by atoms with E-state index in [-0.39, 0.29) is 0 Å². The van der Waals surface area contributed by atoms with E-state index in [1.807, 2.05) is 31.0 Å². The molecule has 0 amide bonds. The SMILES string of the molecule is Cn1cncc1CN1C[C@H]2CCN(Cc3cccnc3)CC[C@H]2C1. The molecular formula is C19H27N5. The van der Waals surface area contributed by atoms with Crippen LogP contribution in [0.5, 0.6) is 0 Å². The minimum atomic E-state index is 0.858. The first-order valence-electron chi connectivity index (χ1n) is 9.07. The topological polar surface area (TPSA) is 37.2 Å². The van der Waals surface area contributed by atoms with E-state index >= 15 is 0 Å². The van der Waals surface area contributed by atoms with E-state index in [9.17, 15) is 0 Å². The molecule has 0 radical (unpaired) electrons. The first-order chi connectivity index (χ1) is 11.8. The number of likely N-dealkylation sites (tertiary alicyclic amines) is 2. The van der Waals surface area contributed by atoms with E-state index in [1.165, 1.54) is 50.3 Å².